The third-order valence-corrected chi connectivity index (χ3v) is 6.99. The molecule has 2 aromatic carbocycles. The van der Waals surface area contributed by atoms with Gasteiger partial charge in [0, 0.05) is 17.0 Å². The van der Waals surface area contributed by atoms with Gasteiger partial charge in [0.25, 0.3) is 0 Å². The lowest BCUT2D eigenvalue weighted by atomic mass is 10.1. The number of halogens is 1. The van der Waals surface area contributed by atoms with Gasteiger partial charge < -0.3 is 9.15 Å². The third-order valence-electron chi connectivity index (χ3n) is 5.21. The van der Waals surface area contributed by atoms with Gasteiger partial charge in [0.1, 0.15) is 11.6 Å². The normalized spacial score (nSPS) is 12.7. The topological polar surface area (TPSA) is 103 Å². The fraction of sp³-hybridized carbons (Fsp3) is 0.304. The number of rotatable bonds is 7. The predicted molar refractivity (Wildman–Crippen MR) is 123 cm³/mol. The van der Waals surface area contributed by atoms with Crippen molar-refractivity contribution < 1.29 is 22.4 Å². The highest BCUT2D eigenvalue weighted by atomic mass is 35.5. The van der Waals surface area contributed by atoms with Crippen molar-refractivity contribution in [3.05, 3.63) is 68.5 Å². The Kier molecular flexibility index (Phi) is 7.07. The van der Waals surface area contributed by atoms with Crippen molar-refractivity contribution in [2.24, 2.45) is 0 Å². The second-order valence-electron chi connectivity index (χ2n) is 7.62. The summed E-state index contributed by atoms with van der Waals surface area (Å²) in [4.78, 5) is 24.9. The molecule has 7 nitrogen and oxygen atoms in total. The molecule has 1 aromatic heterocycles. The molecule has 0 spiro atoms. The molecular weight excluding hydrogens is 454 g/mol. The van der Waals surface area contributed by atoms with Crippen molar-refractivity contribution in [3.8, 4) is 5.75 Å². The molecule has 0 fully saturated rings. The number of aryl methyl sites for hydroxylation is 2. The van der Waals surface area contributed by atoms with Crippen LogP contribution in [0.25, 0.3) is 11.0 Å². The smallest absolute Gasteiger partial charge is 0.339 e. The first-order valence-electron chi connectivity index (χ1n) is 10.1. The SMILES string of the molecule is CCC[C@@H](NS(=O)(=O)c1ccc(C)cc1)C(=O)Oc1cc2oc(=O)c(C)c(C)c2cc1Cl. The van der Waals surface area contributed by atoms with Crippen molar-refractivity contribution in [1.29, 1.82) is 0 Å². The molecule has 1 atom stereocenters. The molecule has 0 saturated carbocycles. The zero-order valence-corrected chi connectivity index (χ0v) is 19.8. The fourth-order valence-electron chi connectivity index (χ4n) is 3.19. The van der Waals surface area contributed by atoms with Crippen LogP contribution in [-0.2, 0) is 14.8 Å². The van der Waals surface area contributed by atoms with Crippen molar-refractivity contribution in [2.75, 3.05) is 0 Å². The van der Waals surface area contributed by atoms with Crippen LogP contribution in [0.15, 0.2) is 50.5 Å². The van der Waals surface area contributed by atoms with E-state index in [0.29, 0.717) is 22.9 Å². The van der Waals surface area contributed by atoms with Crippen LogP contribution in [-0.4, -0.2) is 20.4 Å². The van der Waals surface area contributed by atoms with Gasteiger partial charge in [-0.1, -0.05) is 42.6 Å². The molecule has 170 valence electrons. The number of ether oxygens (including phenoxy) is 1. The maximum Gasteiger partial charge on any atom is 0.339 e. The molecule has 0 bridgehead atoms. The number of esters is 1. The number of sulfonamides is 1. The second kappa shape index (κ2) is 9.44. The van der Waals surface area contributed by atoms with Gasteiger partial charge in [-0.15, -0.1) is 0 Å². The zero-order valence-electron chi connectivity index (χ0n) is 18.2. The summed E-state index contributed by atoms with van der Waals surface area (Å²) < 4.78 is 38.6. The van der Waals surface area contributed by atoms with Crippen molar-refractivity contribution in [2.45, 2.75) is 51.5 Å². The fourth-order valence-corrected chi connectivity index (χ4v) is 4.61. The molecule has 0 amide bonds. The van der Waals surface area contributed by atoms with E-state index in [1.165, 1.54) is 18.2 Å². The minimum atomic E-state index is -3.94. The van der Waals surface area contributed by atoms with Crippen molar-refractivity contribution >= 4 is 38.6 Å². The zero-order chi connectivity index (χ0) is 23.6. The van der Waals surface area contributed by atoms with Crippen LogP contribution in [0.3, 0.4) is 0 Å². The van der Waals surface area contributed by atoms with Gasteiger partial charge in [-0.3, -0.25) is 0 Å². The number of hydrogen-bond acceptors (Lipinski definition) is 6. The van der Waals surface area contributed by atoms with Gasteiger partial charge in [-0.2, -0.15) is 4.72 Å². The summed E-state index contributed by atoms with van der Waals surface area (Å²) in [6.07, 6.45) is 0.761. The number of fused-ring (bicyclic) bond motifs is 1. The Labute approximate surface area is 191 Å². The minimum Gasteiger partial charge on any atom is -0.424 e. The highest BCUT2D eigenvalue weighted by Crippen LogP contribution is 2.32. The average molecular weight is 478 g/mol. The van der Waals surface area contributed by atoms with E-state index in [2.05, 4.69) is 4.72 Å². The monoisotopic (exact) mass is 477 g/mol. The van der Waals surface area contributed by atoms with Crippen molar-refractivity contribution in [3.63, 3.8) is 0 Å². The lowest BCUT2D eigenvalue weighted by molar-refractivity contribution is -0.136. The Morgan fingerprint density at radius 2 is 1.78 bits per heavy atom. The van der Waals surface area contributed by atoms with Crippen LogP contribution in [0.1, 0.15) is 36.5 Å². The van der Waals surface area contributed by atoms with E-state index >= 15 is 0 Å². The van der Waals surface area contributed by atoms with E-state index in [0.717, 1.165) is 5.56 Å². The largest absolute Gasteiger partial charge is 0.424 e. The van der Waals surface area contributed by atoms with Crippen LogP contribution >= 0.6 is 11.6 Å². The highest BCUT2D eigenvalue weighted by Gasteiger charge is 2.27. The molecular formula is C23H24ClNO6S. The Balaban J connectivity index is 1.89. The molecule has 1 heterocycles. The Morgan fingerprint density at radius 1 is 1.12 bits per heavy atom. The molecule has 3 aromatic rings. The van der Waals surface area contributed by atoms with E-state index in [1.807, 2.05) is 13.8 Å². The number of carbonyl (C=O) groups is 1. The van der Waals surface area contributed by atoms with Gasteiger partial charge in [0.05, 0.1) is 9.92 Å². The number of benzene rings is 2. The van der Waals surface area contributed by atoms with E-state index in [9.17, 15) is 18.0 Å². The highest BCUT2D eigenvalue weighted by molar-refractivity contribution is 7.89. The third kappa shape index (κ3) is 5.03. The van der Waals surface area contributed by atoms with Gasteiger partial charge in [-0.05, 0) is 51.0 Å². The molecule has 32 heavy (non-hydrogen) atoms. The summed E-state index contributed by atoms with van der Waals surface area (Å²) in [5.74, 6) is -0.832. The predicted octanol–water partition coefficient (Wildman–Crippen LogP) is 4.42. The maximum atomic E-state index is 12.8. The number of hydrogen-bond donors (Lipinski definition) is 1. The summed E-state index contributed by atoms with van der Waals surface area (Å²) >= 11 is 6.30. The summed E-state index contributed by atoms with van der Waals surface area (Å²) in [5, 5.41) is 0.760. The quantitative estimate of drug-likeness (QED) is 0.307. The van der Waals surface area contributed by atoms with E-state index in [1.54, 1.807) is 32.0 Å². The number of nitrogens with one attached hydrogen (secondary N) is 1. The Bertz CT molecular complexity index is 1330. The first-order chi connectivity index (χ1) is 15.0. The van der Waals surface area contributed by atoms with Crippen LogP contribution in [0.2, 0.25) is 5.02 Å². The average Bonchev–Trinajstić information content (AvgIpc) is 2.73. The molecule has 0 aliphatic carbocycles. The molecule has 0 aliphatic heterocycles. The lowest BCUT2D eigenvalue weighted by Crippen LogP contribution is -2.42. The van der Waals surface area contributed by atoms with Crippen LogP contribution < -0.4 is 15.1 Å². The molecule has 9 heteroatoms. The molecule has 3 rings (SSSR count). The molecule has 0 unspecified atom stereocenters. The Morgan fingerprint density at radius 3 is 2.41 bits per heavy atom. The number of carbonyl (C=O) groups excluding carboxylic acids is 1. The standard InChI is InChI=1S/C23H24ClNO6S/c1-5-6-19(25-32(28,29)16-9-7-13(2)8-10-16)23(27)31-21-12-20-17(11-18(21)24)14(3)15(4)22(26)30-20/h7-12,19,25H,5-6H2,1-4H3/t19-/m1/s1. The second-order valence-corrected chi connectivity index (χ2v) is 9.74. The van der Waals surface area contributed by atoms with Crippen LogP contribution in [0.5, 0.6) is 5.75 Å². The van der Waals surface area contributed by atoms with Gasteiger partial charge in [0.2, 0.25) is 10.0 Å². The first-order valence-corrected chi connectivity index (χ1v) is 11.9. The molecule has 0 saturated heterocycles. The maximum absolute atomic E-state index is 12.8. The van der Waals surface area contributed by atoms with Crippen LogP contribution in [0.4, 0.5) is 0 Å². The minimum absolute atomic E-state index is 0.0220. The molecule has 0 aliphatic rings. The van der Waals surface area contributed by atoms with Crippen molar-refractivity contribution in [1.82, 2.24) is 4.72 Å². The Hall–Kier alpha value is -2.68. The van der Waals surface area contributed by atoms with Crippen LogP contribution in [0, 0.1) is 20.8 Å². The molecule has 1 N–H and O–H groups in total. The van der Waals surface area contributed by atoms with E-state index < -0.39 is 27.7 Å². The summed E-state index contributed by atoms with van der Waals surface area (Å²) in [6, 6.07) is 8.08. The van der Waals surface area contributed by atoms with Gasteiger partial charge in [0.15, 0.2) is 5.75 Å². The first kappa shape index (κ1) is 24.0. The lowest BCUT2D eigenvalue weighted by Gasteiger charge is -2.18. The summed E-state index contributed by atoms with van der Waals surface area (Å²) in [6.45, 7) is 7.09. The van der Waals surface area contributed by atoms with Gasteiger partial charge in [-0.25, -0.2) is 18.0 Å². The van der Waals surface area contributed by atoms with E-state index in [4.69, 9.17) is 20.8 Å². The molecule has 0 radical (unpaired) electrons. The van der Waals surface area contributed by atoms with E-state index in [-0.39, 0.29) is 27.7 Å². The summed E-state index contributed by atoms with van der Waals surface area (Å²) in [7, 11) is -3.94. The van der Waals surface area contributed by atoms with Gasteiger partial charge >= 0.3 is 11.6 Å². The summed E-state index contributed by atoms with van der Waals surface area (Å²) in [5.41, 5.74) is 1.82.